The number of imidazole rings is 1. The topological polar surface area (TPSA) is 40.7 Å². The van der Waals surface area contributed by atoms with Crippen molar-refractivity contribution in [1.29, 1.82) is 0 Å². The van der Waals surface area contributed by atoms with E-state index in [2.05, 4.69) is 16.2 Å². The van der Waals surface area contributed by atoms with Crippen LogP contribution < -0.4 is 5.32 Å². The number of H-pyrrole nitrogens is 1. The Morgan fingerprint density at radius 3 is 2.59 bits per heavy atom. The summed E-state index contributed by atoms with van der Waals surface area (Å²) >= 11 is 0. The molecule has 1 heterocycles. The molecule has 0 bridgehead atoms. The first kappa shape index (κ1) is 18.5. The maximum atomic E-state index is 13.6. The molecular weight excluding hydrogens is 361 g/mol. The second-order valence-corrected chi connectivity index (χ2v) is 6.77. The van der Waals surface area contributed by atoms with Crippen LogP contribution in [0.25, 0.3) is 22.6 Å². The minimum absolute atomic E-state index is 0.325. The number of nitrogens with one attached hydrogen (secondary N) is 2. The van der Waals surface area contributed by atoms with Crippen molar-refractivity contribution >= 4 is 5.69 Å². The molecule has 0 spiro atoms. The van der Waals surface area contributed by atoms with Crippen molar-refractivity contribution in [3.8, 4) is 35.0 Å². The standard InChI is InChI=1S/C25H20FN3/c1-3-18-13-14-21(26)15-23(18)27-16-20-11-7-8-12-22(20)25-28-17(2)24(29-25)19-9-5-4-6-10-19/h1,4-15,27H,16H2,2H3,(H,28,29). The van der Waals surface area contributed by atoms with Crippen molar-refractivity contribution in [2.45, 2.75) is 13.5 Å². The Morgan fingerprint density at radius 1 is 1.03 bits per heavy atom. The lowest BCUT2D eigenvalue weighted by atomic mass is 10.1. The molecule has 1 aromatic heterocycles. The molecule has 2 N–H and O–H groups in total. The van der Waals surface area contributed by atoms with E-state index in [9.17, 15) is 4.39 Å². The van der Waals surface area contributed by atoms with Crippen molar-refractivity contribution in [2.24, 2.45) is 0 Å². The SMILES string of the molecule is C#Cc1ccc(F)cc1NCc1ccccc1-c1nc(-c2ccccc2)c(C)[nH]1. The maximum absolute atomic E-state index is 13.6. The van der Waals surface area contributed by atoms with Gasteiger partial charge in [-0.25, -0.2) is 9.37 Å². The van der Waals surface area contributed by atoms with Gasteiger partial charge in [0.15, 0.2) is 0 Å². The van der Waals surface area contributed by atoms with Gasteiger partial charge in [-0.2, -0.15) is 0 Å². The van der Waals surface area contributed by atoms with Crippen LogP contribution in [-0.4, -0.2) is 9.97 Å². The fourth-order valence-corrected chi connectivity index (χ4v) is 3.35. The average Bonchev–Trinajstić information content (AvgIpc) is 3.14. The molecular formula is C25H20FN3. The number of hydrogen-bond donors (Lipinski definition) is 2. The first-order valence-corrected chi connectivity index (χ1v) is 9.36. The summed E-state index contributed by atoms with van der Waals surface area (Å²) in [6, 6.07) is 22.5. The zero-order chi connectivity index (χ0) is 20.2. The molecule has 0 aliphatic rings. The lowest BCUT2D eigenvalue weighted by molar-refractivity contribution is 0.628. The predicted molar refractivity (Wildman–Crippen MR) is 116 cm³/mol. The highest BCUT2D eigenvalue weighted by Gasteiger charge is 2.13. The third-order valence-electron chi connectivity index (χ3n) is 4.81. The number of benzene rings is 3. The molecule has 4 heteroatoms. The van der Waals surface area contributed by atoms with E-state index < -0.39 is 0 Å². The van der Waals surface area contributed by atoms with Crippen molar-refractivity contribution < 1.29 is 4.39 Å². The highest BCUT2D eigenvalue weighted by Crippen LogP contribution is 2.28. The minimum atomic E-state index is -0.325. The first-order valence-electron chi connectivity index (χ1n) is 9.36. The van der Waals surface area contributed by atoms with Gasteiger partial charge in [0, 0.05) is 28.9 Å². The average molecular weight is 381 g/mol. The van der Waals surface area contributed by atoms with Gasteiger partial charge < -0.3 is 10.3 Å². The van der Waals surface area contributed by atoms with E-state index in [1.807, 2.05) is 61.5 Å². The Kier molecular flexibility index (Phi) is 5.13. The molecule has 0 fully saturated rings. The van der Waals surface area contributed by atoms with Crippen molar-refractivity contribution in [3.63, 3.8) is 0 Å². The summed E-state index contributed by atoms with van der Waals surface area (Å²) < 4.78 is 13.6. The van der Waals surface area contributed by atoms with Gasteiger partial charge in [0.25, 0.3) is 0 Å². The molecule has 0 atom stereocenters. The van der Waals surface area contributed by atoms with E-state index >= 15 is 0 Å². The van der Waals surface area contributed by atoms with E-state index in [0.717, 1.165) is 33.9 Å². The zero-order valence-electron chi connectivity index (χ0n) is 16.0. The molecule has 0 aliphatic carbocycles. The Bertz CT molecular complexity index is 1190. The molecule has 0 amide bonds. The molecule has 0 saturated carbocycles. The number of hydrogen-bond acceptors (Lipinski definition) is 2. The second-order valence-electron chi connectivity index (χ2n) is 6.77. The quantitative estimate of drug-likeness (QED) is 0.430. The molecule has 0 aliphatic heterocycles. The summed E-state index contributed by atoms with van der Waals surface area (Å²) in [5.41, 5.74) is 6.27. The van der Waals surface area contributed by atoms with Crippen molar-refractivity contribution in [2.75, 3.05) is 5.32 Å². The summed E-state index contributed by atoms with van der Waals surface area (Å²) in [7, 11) is 0. The number of halogens is 1. The highest BCUT2D eigenvalue weighted by atomic mass is 19.1. The molecule has 4 rings (SSSR count). The Balaban J connectivity index is 1.65. The van der Waals surface area contributed by atoms with Gasteiger partial charge in [-0.15, -0.1) is 6.42 Å². The summed E-state index contributed by atoms with van der Waals surface area (Å²) in [5.74, 6) is 3.06. The van der Waals surface area contributed by atoms with Crippen molar-refractivity contribution in [3.05, 3.63) is 95.4 Å². The molecule has 0 radical (unpaired) electrons. The monoisotopic (exact) mass is 381 g/mol. The summed E-state index contributed by atoms with van der Waals surface area (Å²) in [6.07, 6.45) is 5.54. The summed E-state index contributed by atoms with van der Waals surface area (Å²) in [6.45, 7) is 2.51. The first-order chi connectivity index (χ1) is 14.2. The number of aromatic nitrogens is 2. The molecule has 0 unspecified atom stereocenters. The maximum Gasteiger partial charge on any atom is 0.138 e. The van der Waals surface area contributed by atoms with Crippen molar-refractivity contribution in [1.82, 2.24) is 9.97 Å². The number of aryl methyl sites for hydroxylation is 1. The molecule has 142 valence electrons. The number of terminal acetylenes is 1. The van der Waals surface area contributed by atoms with Gasteiger partial charge in [-0.1, -0.05) is 60.5 Å². The van der Waals surface area contributed by atoms with Gasteiger partial charge in [-0.3, -0.25) is 0 Å². The van der Waals surface area contributed by atoms with Crippen LogP contribution in [0.1, 0.15) is 16.8 Å². The van der Waals surface area contributed by atoms with Crippen LogP contribution in [0, 0.1) is 25.1 Å². The highest BCUT2D eigenvalue weighted by molar-refractivity contribution is 5.69. The number of rotatable bonds is 5. The van der Waals surface area contributed by atoms with E-state index in [4.69, 9.17) is 11.4 Å². The van der Waals surface area contributed by atoms with E-state index in [1.165, 1.54) is 12.1 Å². The lowest BCUT2D eigenvalue weighted by Gasteiger charge is -2.12. The smallest absolute Gasteiger partial charge is 0.138 e. The number of aromatic amines is 1. The Labute approximate surface area is 169 Å². The molecule has 3 nitrogen and oxygen atoms in total. The number of anilines is 1. The largest absolute Gasteiger partial charge is 0.380 e. The minimum Gasteiger partial charge on any atom is -0.380 e. The molecule has 0 saturated heterocycles. The van der Waals surface area contributed by atoms with E-state index in [0.29, 0.717) is 17.8 Å². The van der Waals surface area contributed by atoms with Crippen LogP contribution in [0.2, 0.25) is 0 Å². The van der Waals surface area contributed by atoms with Gasteiger partial charge in [0.05, 0.1) is 11.4 Å². The van der Waals surface area contributed by atoms with Gasteiger partial charge >= 0.3 is 0 Å². The summed E-state index contributed by atoms with van der Waals surface area (Å²) in [5, 5.41) is 3.26. The fourth-order valence-electron chi connectivity index (χ4n) is 3.35. The van der Waals surface area contributed by atoms with Gasteiger partial charge in [0.2, 0.25) is 0 Å². The van der Waals surface area contributed by atoms with Crippen LogP contribution in [0.3, 0.4) is 0 Å². The summed E-state index contributed by atoms with van der Waals surface area (Å²) in [4.78, 5) is 8.24. The van der Waals surface area contributed by atoms with Crippen LogP contribution in [0.5, 0.6) is 0 Å². The molecule has 3 aromatic carbocycles. The van der Waals surface area contributed by atoms with Crippen LogP contribution >= 0.6 is 0 Å². The third-order valence-corrected chi connectivity index (χ3v) is 4.81. The zero-order valence-corrected chi connectivity index (χ0v) is 16.0. The third kappa shape index (κ3) is 3.90. The van der Waals surface area contributed by atoms with Crippen LogP contribution in [0.15, 0.2) is 72.8 Å². The van der Waals surface area contributed by atoms with Crippen LogP contribution in [0.4, 0.5) is 10.1 Å². The second kappa shape index (κ2) is 8.04. The molecule has 4 aromatic rings. The van der Waals surface area contributed by atoms with Gasteiger partial charge in [-0.05, 0) is 30.7 Å². The number of nitrogens with zero attached hydrogens (tertiary/aromatic N) is 1. The fraction of sp³-hybridized carbons (Fsp3) is 0.0800. The normalized spacial score (nSPS) is 10.5. The van der Waals surface area contributed by atoms with E-state index in [-0.39, 0.29) is 5.82 Å². The van der Waals surface area contributed by atoms with Crippen LogP contribution in [-0.2, 0) is 6.54 Å². The lowest BCUT2D eigenvalue weighted by Crippen LogP contribution is -2.03. The molecule has 29 heavy (non-hydrogen) atoms. The Hall–Kier alpha value is -3.84. The van der Waals surface area contributed by atoms with E-state index in [1.54, 1.807) is 6.07 Å². The predicted octanol–water partition coefficient (Wildman–Crippen LogP) is 5.78. The Morgan fingerprint density at radius 2 is 1.79 bits per heavy atom. The van der Waals surface area contributed by atoms with Gasteiger partial charge in [0.1, 0.15) is 11.6 Å².